The van der Waals surface area contributed by atoms with Gasteiger partial charge in [0.2, 0.25) is 0 Å². The summed E-state index contributed by atoms with van der Waals surface area (Å²) in [6.45, 7) is 10.6. The van der Waals surface area contributed by atoms with Gasteiger partial charge in [0.25, 0.3) is 11.7 Å². The zero-order valence-corrected chi connectivity index (χ0v) is 26.5. The number of ketones is 1. The molecule has 45 heavy (non-hydrogen) atoms. The predicted octanol–water partition coefficient (Wildman–Crippen LogP) is 5.37. The normalized spacial score (nSPS) is 18.4. The molecule has 0 saturated carbocycles. The van der Waals surface area contributed by atoms with Crippen LogP contribution in [-0.2, 0) is 20.9 Å². The van der Waals surface area contributed by atoms with Gasteiger partial charge in [-0.3, -0.25) is 14.5 Å². The Balaban J connectivity index is 1.50. The smallest absolute Gasteiger partial charge is 0.295 e. The number of carbonyl (C=O) groups excluding carboxylic acids is 2. The quantitative estimate of drug-likeness (QED) is 0.165. The second kappa shape index (κ2) is 14.6. The minimum Gasteiger partial charge on any atom is -0.507 e. The molecule has 2 fully saturated rings. The monoisotopic (exact) mass is 614 g/mol. The minimum atomic E-state index is -0.819. The van der Waals surface area contributed by atoms with E-state index in [0.29, 0.717) is 73.8 Å². The van der Waals surface area contributed by atoms with Gasteiger partial charge in [-0.2, -0.15) is 0 Å². The van der Waals surface area contributed by atoms with Crippen LogP contribution in [0.4, 0.5) is 0 Å². The average molecular weight is 615 g/mol. The molecule has 2 heterocycles. The van der Waals surface area contributed by atoms with Crippen LogP contribution in [0.5, 0.6) is 17.2 Å². The molecule has 9 nitrogen and oxygen atoms in total. The van der Waals surface area contributed by atoms with Crippen molar-refractivity contribution in [2.45, 2.75) is 33.4 Å². The lowest BCUT2D eigenvalue weighted by Gasteiger charge is -2.31. The molecule has 0 bridgehead atoms. The van der Waals surface area contributed by atoms with Crippen molar-refractivity contribution in [3.63, 3.8) is 0 Å². The molecule has 1 N–H and O–H groups in total. The van der Waals surface area contributed by atoms with E-state index in [-0.39, 0.29) is 11.3 Å². The Hall–Kier alpha value is -4.34. The zero-order valence-electron chi connectivity index (χ0n) is 26.5. The molecular weight excluding hydrogens is 572 g/mol. The summed E-state index contributed by atoms with van der Waals surface area (Å²) in [6, 6.07) is 19.7. The molecule has 0 radical (unpaired) electrons. The van der Waals surface area contributed by atoms with Crippen LogP contribution >= 0.6 is 0 Å². The van der Waals surface area contributed by atoms with E-state index < -0.39 is 17.7 Å². The van der Waals surface area contributed by atoms with Crippen LogP contribution in [0.1, 0.15) is 42.1 Å². The van der Waals surface area contributed by atoms with E-state index in [1.807, 2.05) is 43.3 Å². The van der Waals surface area contributed by atoms with Gasteiger partial charge < -0.3 is 29.0 Å². The number of aryl methyl sites for hydroxylation is 1. The zero-order chi connectivity index (χ0) is 31.9. The number of methoxy groups -OCH3 is 1. The number of nitrogens with zero attached hydrogens (tertiary/aromatic N) is 2. The fraction of sp³-hybridized carbons (Fsp3) is 0.389. The van der Waals surface area contributed by atoms with Crippen LogP contribution < -0.4 is 14.2 Å². The first kappa shape index (κ1) is 32.1. The van der Waals surface area contributed by atoms with Gasteiger partial charge in [-0.25, -0.2) is 0 Å². The SMILES string of the molecule is COc1cc(C2/C(=C(\O)c3ccc(OCC(C)C)c(C)c3)C(=O)C(=O)N2CCN2CCOCC2)ccc1OCc1ccccc1. The van der Waals surface area contributed by atoms with E-state index in [4.69, 9.17) is 18.9 Å². The van der Waals surface area contributed by atoms with Crippen molar-refractivity contribution in [1.29, 1.82) is 0 Å². The largest absolute Gasteiger partial charge is 0.507 e. The third-order valence-electron chi connectivity index (χ3n) is 8.06. The number of hydrogen-bond donors (Lipinski definition) is 1. The number of rotatable bonds is 12. The van der Waals surface area contributed by atoms with E-state index in [2.05, 4.69) is 18.7 Å². The molecule has 1 amide bonds. The highest BCUT2D eigenvalue weighted by Crippen LogP contribution is 2.42. The number of likely N-dealkylation sites (tertiary alicyclic amines) is 1. The molecule has 2 saturated heterocycles. The van der Waals surface area contributed by atoms with Crippen LogP contribution in [0.15, 0.2) is 72.3 Å². The first-order chi connectivity index (χ1) is 21.8. The van der Waals surface area contributed by atoms with Crippen molar-refractivity contribution < 1.29 is 33.6 Å². The molecule has 0 aliphatic carbocycles. The lowest BCUT2D eigenvalue weighted by molar-refractivity contribution is -0.140. The Kier molecular flexibility index (Phi) is 10.4. The van der Waals surface area contributed by atoms with E-state index in [1.54, 1.807) is 42.3 Å². The summed E-state index contributed by atoms with van der Waals surface area (Å²) in [5.41, 5.74) is 2.94. The topological polar surface area (TPSA) is 97.8 Å². The molecule has 0 aromatic heterocycles. The fourth-order valence-corrected chi connectivity index (χ4v) is 5.61. The summed E-state index contributed by atoms with van der Waals surface area (Å²) >= 11 is 0. The third-order valence-corrected chi connectivity index (χ3v) is 8.06. The molecule has 1 atom stereocenters. The van der Waals surface area contributed by atoms with Crippen LogP contribution in [0.25, 0.3) is 5.76 Å². The first-order valence-corrected chi connectivity index (χ1v) is 15.4. The van der Waals surface area contributed by atoms with Crippen molar-refractivity contribution in [3.8, 4) is 17.2 Å². The summed E-state index contributed by atoms with van der Waals surface area (Å²) in [6.07, 6.45) is 0. The number of hydrogen-bond acceptors (Lipinski definition) is 8. The van der Waals surface area contributed by atoms with Crippen molar-refractivity contribution >= 4 is 17.4 Å². The number of morpholine rings is 1. The molecule has 238 valence electrons. The van der Waals surface area contributed by atoms with Crippen molar-refractivity contribution in [2.24, 2.45) is 5.92 Å². The van der Waals surface area contributed by atoms with Gasteiger partial charge in [-0.05, 0) is 59.9 Å². The predicted molar refractivity (Wildman–Crippen MR) is 172 cm³/mol. The Morgan fingerprint density at radius 3 is 2.36 bits per heavy atom. The Morgan fingerprint density at radius 2 is 1.67 bits per heavy atom. The summed E-state index contributed by atoms with van der Waals surface area (Å²) < 4.78 is 23.2. The maximum Gasteiger partial charge on any atom is 0.295 e. The summed E-state index contributed by atoms with van der Waals surface area (Å²) in [4.78, 5) is 31.0. The van der Waals surface area contributed by atoms with Crippen molar-refractivity contribution in [2.75, 3.05) is 53.1 Å². The molecule has 2 aliphatic heterocycles. The fourth-order valence-electron chi connectivity index (χ4n) is 5.61. The second-order valence-electron chi connectivity index (χ2n) is 11.8. The van der Waals surface area contributed by atoms with Crippen molar-refractivity contribution in [1.82, 2.24) is 9.80 Å². The Bertz CT molecular complexity index is 1530. The maximum atomic E-state index is 13.7. The molecule has 2 aliphatic rings. The highest BCUT2D eigenvalue weighted by atomic mass is 16.5. The molecular formula is C36H42N2O7. The number of benzene rings is 3. The number of ether oxygens (including phenoxy) is 4. The lowest BCUT2D eigenvalue weighted by atomic mass is 9.94. The molecule has 9 heteroatoms. The molecule has 3 aromatic carbocycles. The van der Waals surface area contributed by atoms with Crippen LogP contribution in [0.3, 0.4) is 0 Å². The van der Waals surface area contributed by atoms with E-state index >= 15 is 0 Å². The Morgan fingerprint density at radius 1 is 0.933 bits per heavy atom. The van der Waals surface area contributed by atoms with Gasteiger partial charge in [0.05, 0.1) is 38.5 Å². The molecule has 0 spiro atoms. The number of carbonyl (C=O) groups is 2. The summed E-state index contributed by atoms with van der Waals surface area (Å²) in [7, 11) is 1.55. The maximum absolute atomic E-state index is 13.7. The first-order valence-electron chi connectivity index (χ1n) is 15.4. The minimum absolute atomic E-state index is 0.0391. The Labute approximate surface area is 265 Å². The summed E-state index contributed by atoms with van der Waals surface area (Å²) in [5.74, 6) is 0.464. The standard InChI is InChI=1S/C36H42N2O7/c1-24(2)22-44-29-12-11-28(20-25(29)3)34(39)32-33(38(36(41)35(32)40)15-14-37-16-18-43-19-17-37)27-10-13-30(31(21-27)42-4)45-23-26-8-6-5-7-9-26/h5-13,20-21,24,33,39H,14-19,22-23H2,1-4H3/b34-32+. The van der Waals surface area contributed by atoms with Crippen LogP contribution in [0.2, 0.25) is 0 Å². The van der Waals surface area contributed by atoms with Gasteiger partial charge in [-0.15, -0.1) is 0 Å². The van der Waals surface area contributed by atoms with E-state index in [1.165, 1.54) is 0 Å². The number of aliphatic hydroxyl groups excluding tert-OH is 1. The highest BCUT2D eigenvalue weighted by molar-refractivity contribution is 6.46. The molecule has 1 unspecified atom stereocenters. The van der Waals surface area contributed by atoms with Crippen LogP contribution in [0, 0.1) is 12.8 Å². The third kappa shape index (κ3) is 7.49. The van der Waals surface area contributed by atoms with Gasteiger partial charge >= 0.3 is 0 Å². The van der Waals surface area contributed by atoms with E-state index in [9.17, 15) is 14.7 Å². The molecule has 3 aromatic rings. The van der Waals surface area contributed by atoms with Gasteiger partial charge in [0.15, 0.2) is 11.5 Å². The second-order valence-corrected chi connectivity index (χ2v) is 11.8. The number of Topliss-reactive ketones (excluding diaryl/α,β-unsaturated/α-hetero) is 1. The van der Waals surface area contributed by atoms with Gasteiger partial charge in [0.1, 0.15) is 18.1 Å². The summed E-state index contributed by atoms with van der Waals surface area (Å²) in [5, 5.41) is 11.7. The number of aliphatic hydroxyl groups is 1. The molecule has 5 rings (SSSR count). The average Bonchev–Trinajstić information content (AvgIpc) is 3.31. The highest BCUT2D eigenvalue weighted by Gasteiger charge is 2.46. The van der Waals surface area contributed by atoms with Crippen molar-refractivity contribution in [3.05, 3.63) is 94.6 Å². The van der Waals surface area contributed by atoms with Crippen LogP contribution in [-0.4, -0.2) is 79.7 Å². The van der Waals surface area contributed by atoms with E-state index in [0.717, 1.165) is 24.2 Å². The lowest BCUT2D eigenvalue weighted by Crippen LogP contribution is -2.42. The van der Waals surface area contributed by atoms with Gasteiger partial charge in [0, 0.05) is 31.7 Å². The number of amides is 1. The van der Waals surface area contributed by atoms with Gasteiger partial charge in [-0.1, -0.05) is 50.2 Å².